The zero-order valence-electron chi connectivity index (χ0n) is 17.6. The highest BCUT2D eigenvalue weighted by atomic mass is 32.2. The van der Waals surface area contributed by atoms with Gasteiger partial charge in [0.15, 0.2) is 0 Å². The molecule has 0 unspecified atom stereocenters. The molecule has 1 aliphatic heterocycles. The van der Waals surface area contributed by atoms with Crippen LogP contribution in [0.1, 0.15) is 35.3 Å². The van der Waals surface area contributed by atoms with Gasteiger partial charge in [-0.2, -0.15) is 4.31 Å². The number of pyridine rings is 1. The first-order chi connectivity index (χ1) is 14.9. The number of sulfonamides is 1. The summed E-state index contributed by atoms with van der Waals surface area (Å²) in [6.45, 7) is 4.69. The number of fused-ring (bicyclic) bond motifs is 1. The van der Waals surface area contributed by atoms with Crippen molar-refractivity contribution in [3.05, 3.63) is 95.1 Å². The van der Waals surface area contributed by atoms with Crippen molar-refractivity contribution in [3.63, 3.8) is 0 Å². The van der Waals surface area contributed by atoms with Gasteiger partial charge in [0.05, 0.1) is 4.90 Å². The number of nitrogens with zero attached hydrogens (tertiary/aromatic N) is 3. The SMILES string of the molecule is CC(C)N=c1ccccn1C(=O)c1ccc(S(=O)(=O)N2CCc3ccccc3C2)cc1. The van der Waals surface area contributed by atoms with Crippen molar-refractivity contribution in [2.45, 2.75) is 37.8 Å². The van der Waals surface area contributed by atoms with Gasteiger partial charge in [-0.05, 0) is 67.8 Å². The zero-order chi connectivity index (χ0) is 22.0. The van der Waals surface area contributed by atoms with Crippen LogP contribution in [0.2, 0.25) is 0 Å². The summed E-state index contributed by atoms with van der Waals surface area (Å²) in [5.74, 6) is -0.254. The summed E-state index contributed by atoms with van der Waals surface area (Å²) in [6.07, 6.45) is 2.36. The van der Waals surface area contributed by atoms with Crippen molar-refractivity contribution in [1.29, 1.82) is 0 Å². The Kier molecular flexibility index (Phi) is 5.89. The molecule has 0 aliphatic carbocycles. The van der Waals surface area contributed by atoms with Crippen molar-refractivity contribution in [2.75, 3.05) is 6.54 Å². The second kappa shape index (κ2) is 8.61. The van der Waals surface area contributed by atoms with Crippen LogP contribution in [0.15, 0.2) is 82.8 Å². The van der Waals surface area contributed by atoms with Crippen LogP contribution in [0.5, 0.6) is 0 Å². The van der Waals surface area contributed by atoms with Crippen molar-refractivity contribution < 1.29 is 13.2 Å². The zero-order valence-corrected chi connectivity index (χ0v) is 18.4. The number of carbonyl (C=O) groups is 1. The van der Waals surface area contributed by atoms with Crippen LogP contribution in [0.3, 0.4) is 0 Å². The molecule has 160 valence electrons. The summed E-state index contributed by atoms with van der Waals surface area (Å²) >= 11 is 0. The van der Waals surface area contributed by atoms with E-state index in [2.05, 4.69) is 4.99 Å². The second-order valence-electron chi connectivity index (χ2n) is 7.84. The Balaban J connectivity index is 1.60. The molecule has 0 N–H and O–H groups in total. The van der Waals surface area contributed by atoms with E-state index in [0.29, 0.717) is 30.6 Å². The lowest BCUT2D eigenvalue weighted by molar-refractivity contribution is 0.0954. The predicted octanol–water partition coefficient (Wildman–Crippen LogP) is 3.23. The van der Waals surface area contributed by atoms with Gasteiger partial charge in [-0.1, -0.05) is 30.3 Å². The average Bonchev–Trinajstić information content (AvgIpc) is 2.78. The fourth-order valence-electron chi connectivity index (χ4n) is 3.71. The molecule has 0 fully saturated rings. The highest BCUT2D eigenvalue weighted by Gasteiger charge is 2.28. The van der Waals surface area contributed by atoms with Crippen LogP contribution in [0.4, 0.5) is 0 Å². The standard InChI is InChI=1S/C24H25N3O3S/c1-18(2)25-23-9-5-6-15-27(23)24(28)20-10-12-22(13-11-20)31(29,30)26-16-14-19-7-3-4-8-21(19)17-26/h3-13,15,18H,14,16-17H2,1-2H3. The van der Waals surface area contributed by atoms with Gasteiger partial charge in [-0.25, -0.2) is 8.42 Å². The summed E-state index contributed by atoms with van der Waals surface area (Å²) in [7, 11) is -3.64. The highest BCUT2D eigenvalue weighted by molar-refractivity contribution is 7.89. The van der Waals surface area contributed by atoms with Gasteiger partial charge in [0.2, 0.25) is 10.0 Å². The molecule has 1 aromatic heterocycles. The van der Waals surface area contributed by atoms with E-state index in [-0.39, 0.29) is 16.8 Å². The highest BCUT2D eigenvalue weighted by Crippen LogP contribution is 2.25. The molecule has 0 saturated heterocycles. The molecule has 31 heavy (non-hydrogen) atoms. The normalized spacial score (nSPS) is 15.1. The summed E-state index contributed by atoms with van der Waals surface area (Å²) in [6, 6.07) is 19.5. The predicted molar refractivity (Wildman–Crippen MR) is 119 cm³/mol. The molecular weight excluding hydrogens is 410 g/mol. The number of rotatable bonds is 4. The Morgan fingerprint density at radius 3 is 2.32 bits per heavy atom. The summed E-state index contributed by atoms with van der Waals surface area (Å²) in [5, 5.41) is 0. The molecule has 0 bridgehead atoms. The van der Waals surface area contributed by atoms with Gasteiger partial charge >= 0.3 is 0 Å². The maximum Gasteiger partial charge on any atom is 0.263 e. The fourth-order valence-corrected chi connectivity index (χ4v) is 5.13. The first kappa shape index (κ1) is 21.2. The number of hydrogen-bond acceptors (Lipinski definition) is 4. The van der Waals surface area contributed by atoms with Gasteiger partial charge in [0, 0.05) is 30.9 Å². The minimum atomic E-state index is -3.64. The topological polar surface area (TPSA) is 71.7 Å². The lowest BCUT2D eigenvalue weighted by atomic mass is 10.0. The Morgan fingerprint density at radius 1 is 0.935 bits per heavy atom. The molecule has 0 atom stereocenters. The van der Waals surface area contributed by atoms with Crippen molar-refractivity contribution in [1.82, 2.24) is 8.87 Å². The maximum absolute atomic E-state index is 13.1. The number of benzene rings is 2. The van der Waals surface area contributed by atoms with Gasteiger partial charge in [0.25, 0.3) is 5.91 Å². The van der Waals surface area contributed by atoms with E-state index in [4.69, 9.17) is 0 Å². The number of aromatic nitrogens is 1. The Labute approximate surface area is 182 Å². The summed E-state index contributed by atoms with van der Waals surface area (Å²) < 4.78 is 29.3. The molecule has 1 aliphatic rings. The third-order valence-corrected chi connectivity index (χ3v) is 7.14. The van der Waals surface area contributed by atoms with Crippen molar-refractivity contribution in [2.24, 2.45) is 4.99 Å². The van der Waals surface area contributed by atoms with Gasteiger partial charge in [0.1, 0.15) is 5.49 Å². The molecule has 4 rings (SSSR count). The van der Waals surface area contributed by atoms with Gasteiger partial charge in [-0.3, -0.25) is 14.4 Å². The molecular formula is C24H25N3O3S. The van der Waals surface area contributed by atoms with Gasteiger partial charge in [-0.15, -0.1) is 0 Å². The van der Waals surface area contributed by atoms with Crippen LogP contribution in [-0.4, -0.2) is 35.8 Å². The van der Waals surface area contributed by atoms with Crippen LogP contribution < -0.4 is 5.49 Å². The number of hydrogen-bond donors (Lipinski definition) is 0. The largest absolute Gasteiger partial charge is 0.268 e. The average molecular weight is 436 g/mol. The monoisotopic (exact) mass is 435 g/mol. The van der Waals surface area contributed by atoms with E-state index in [1.807, 2.05) is 44.2 Å². The van der Waals surface area contributed by atoms with E-state index in [1.165, 1.54) is 26.6 Å². The first-order valence-electron chi connectivity index (χ1n) is 10.3. The smallest absolute Gasteiger partial charge is 0.263 e. The third kappa shape index (κ3) is 4.38. The Morgan fingerprint density at radius 2 is 1.61 bits per heavy atom. The van der Waals surface area contributed by atoms with Crippen molar-refractivity contribution >= 4 is 15.9 Å². The summed E-state index contributed by atoms with van der Waals surface area (Å²) in [5.41, 5.74) is 3.19. The van der Waals surface area contributed by atoms with E-state index < -0.39 is 10.0 Å². The molecule has 0 amide bonds. The van der Waals surface area contributed by atoms with Crippen molar-refractivity contribution in [3.8, 4) is 0 Å². The molecule has 0 radical (unpaired) electrons. The van der Waals surface area contributed by atoms with E-state index >= 15 is 0 Å². The van der Waals surface area contributed by atoms with E-state index in [9.17, 15) is 13.2 Å². The quantitative estimate of drug-likeness (QED) is 0.632. The van der Waals surface area contributed by atoms with E-state index in [1.54, 1.807) is 30.5 Å². The minimum Gasteiger partial charge on any atom is -0.268 e. The molecule has 2 aromatic carbocycles. The Hall–Kier alpha value is -3.03. The molecule has 0 spiro atoms. The number of carbonyl (C=O) groups excluding carboxylic acids is 1. The lowest BCUT2D eigenvalue weighted by Gasteiger charge is -2.28. The molecule has 2 heterocycles. The van der Waals surface area contributed by atoms with Gasteiger partial charge < -0.3 is 0 Å². The van der Waals surface area contributed by atoms with Crippen LogP contribution in [0, 0.1) is 0 Å². The lowest BCUT2D eigenvalue weighted by Crippen LogP contribution is -2.36. The van der Waals surface area contributed by atoms with E-state index in [0.717, 1.165) is 5.56 Å². The Bertz CT molecular complexity index is 1280. The second-order valence-corrected chi connectivity index (χ2v) is 9.78. The first-order valence-corrected chi connectivity index (χ1v) is 11.7. The molecule has 3 aromatic rings. The third-order valence-electron chi connectivity index (χ3n) is 5.28. The van der Waals surface area contributed by atoms with Crippen LogP contribution >= 0.6 is 0 Å². The minimum absolute atomic E-state index is 0.0450. The molecule has 0 saturated carbocycles. The van der Waals surface area contributed by atoms with Crippen LogP contribution in [-0.2, 0) is 23.0 Å². The summed E-state index contributed by atoms with van der Waals surface area (Å²) in [4.78, 5) is 17.7. The molecule has 7 heteroatoms. The van der Waals surface area contributed by atoms with Crippen LogP contribution in [0.25, 0.3) is 0 Å². The maximum atomic E-state index is 13.1. The fraction of sp³-hybridized carbons (Fsp3) is 0.250. The molecule has 6 nitrogen and oxygen atoms in total.